The number of nitrogens with one attached hydrogen (secondary N) is 2. The van der Waals surface area contributed by atoms with Crippen molar-refractivity contribution in [2.24, 2.45) is 11.8 Å². The minimum absolute atomic E-state index is 0.0676. The number of rotatable bonds is 9. The van der Waals surface area contributed by atoms with Crippen molar-refractivity contribution in [2.45, 2.75) is 58.7 Å². The third kappa shape index (κ3) is 5.90. The van der Waals surface area contributed by atoms with Gasteiger partial charge in [0.2, 0.25) is 5.43 Å². The molecule has 2 amide bonds. The Hall–Kier alpha value is -3.27. The number of hydrogen-bond donors (Lipinski definition) is 2. The Morgan fingerprint density at radius 3 is 2.63 bits per heavy atom. The van der Waals surface area contributed by atoms with Gasteiger partial charge in [-0.15, -0.1) is 0 Å². The van der Waals surface area contributed by atoms with Crippen LogP contribution >= 0.6 is 0 Å². The van der Waals surface area contributed by atoms with Crippen LogP contribution in [0, 0.1) is 23.5 Å². The molecule has 1 aliphatic carbocycles. The third-order valence-corrected chi connectivity index (χ3v) is 7.41. The quantitative estimate of drug-likeness (QED) is 0.519. The number of halogens is 2. The number of fused-ring (bicyclic) bond motifs is 1. The van der Waals surface area contributed by atoms with Crippen LogP contribution in [0.4, 0.5) is 8.78 Å². The summed E-state index contributed by atoms with van der Waals surface area (Å²) in [5.41, 5.74) is -0.683. The van der Waals surface area contributed by atoms with E-state index >= 15 is 0 Å². The number of ether oxygens (including phenoxy) is 1. The first kappa shape index (κ1) is 27.8. The molecule has 2 aromatic rings. The van der Waals surface area contributed by atoms with E-state index in [2.05, 4.69) is 24.5 Å². The van der Waals surface area contributed by atoms with Crippen LogP contribution in [0.3, 0.4) is 0 Å². The van der Waals surface area contributed by atoms with Crippen LogP contribution in [0.25, 0.3) is 0 Å². The van der Waals surface area contributed by atoms with Crippen molar-refractivity contribution in [3.63, 3.8) is 0 Å². The lowest BCUT2D eigenvalue weighted by atomic mass is 9.83. The van der Waals surface area contributed by atoms with E-state index in [1.807, 2.05) is 4.90 Å². The molecular weight excluding hydrogens is 494 g/mol. The minimum Gasteiger partial charge on any atom is -0.491 e. The molecule has 0 bridgehead atoms. The van der Waals surface area contributed by atoms with E-state index in [4.69, 9.17) is 4.74 Å². The van der Waals surface area contributed by atoms with Gasteiger partial charge in [-0.1, -0.05) is 32.8 Å². The first-order valence-electron chi connectivity index (χ1n) is 13.3. The standard InChI is InChI=1S/C28H36F2N4O4/c1-17(2)13-31-14-19-6-4-5-7-23(19)34-11-10-33-16-21(25(35)26(38-3)24(33)28(34)37)27(36)32-15-18-8-9-20(29)12-22(18)30/h8-9,12,16-17,19,23,31H,4-7,10-11,13-15H2,1-3H3,(H,32,36). The van der Waals surface area contributed by atoms with Gasteiger partial charge in [0.25, 0.3) is 11.8 Å². The number of nitrogens with zero attached hydrogens (tertiary/aromatic N) is 2. The Balaban J connectivity index is 1.55. The maximum atomic E-state index is 14.0. The Bertz CT molecular complexity index is 1250. The fraction of sp³-hybridized carbons (Fsp3) is 0.536. The number of aromatic nitrogens is 1. The molecule has 1 aromatic carbocycles. The number of amides is 2. The topological polar surface area (TPSA) is 92.7 Å². The third-order valence-electron chi connectivity index (χ3n) is 7.41. The zero-order valence-electron chi connectivity index (χ0n) is 22.2. The van der Waals surface area contributed by atoms with Gasteiger partial charge < -0.3 is 24.8 Å². The van der Waals surface area contributed by atoms with Gasteiger partial charge in [-0.2, -0.15) is 0 Å². The molecule has 8 nitrogen and oxygen atoms in total. The van der Waals surface area contributed by atoms with Crippen molar-refractivity contribution in [3.05, 3.63) is 63.1 Å². The average Bonchev–Trinajstić information content (AvgIpc) is 2.88. The molecule has 2 N–H and O–H groups in total. The SMILES string of the molecule is COc1c2n(cc(C(=O)NCc3ccc(F)cc3F)c1=O)CCN(C1CCCCC1CNCC(C)C)C2=O. The highest BCUT2D eigenvalue weighted by Crippen LogP contribution is 2.32. The van der Waals surface area contributed by atoms with E-state index in [1.54, 1.807) is 4.57 Å². The molecule has 1 saturated carbocycles. The summed E-state index contributed by atoms with van der Waals surface area (Å²) in [6, 6.07) is 3.12. The van der Waals surface area contributed by atoms with E-state index < -0.39 is 23.0 Å². The Morgan fingerprint density at radius 1 is 1.16 bits per heavy atom. The summed E-state index contributed by atoms with van der Waals surface area (Å²) in [5, 5.41) is 6.04. The number of benzene rings is 1. The predicted octanol–water partition coefficient (Wildman–Crippen LogP) is 3.33. The summed E-state index contributed by atoms with van der Waals surface area (Å²) in [4.78, 5) is 41.7. The summed E-state index contributed by atoms with van der Waals surface area (Å²) in [7, 11) is 1.30. The predicted molar refractivity (Wildman–Crippen MR) is 139 cm³/mol. The normalized spacial score (nSPS) is 19.4. The van der Waals surface area contributed by atoms with E-state index in [0.717, 1.165) is 50.9 Å². The molecule has 10 heteroatoms. The maximum absolute atomic E-state index is 14.0. The van der Waals surface area contributed by atoms with Crippen molar-refractivity contribution in [3.8, 4) is 5.75 Å². The Labute approximate surface area is 221 Å². The van der Waals surface area contributed by atoms with Crippen LogP contribution in [-0.2, 0) is 13.1 Å². The van der Waals surface area contributed by atoms with Crippen molar-refractivity contribution >= 4 is 11.8 Å². The highest BCUT2D eigenvalue weighted by Gasteiger charge is 2.38. The molecule has 2 aliphatic rings. The number of pyridine rings is 1. The average molecular weight is 531 g/mol. The van der Waals surface area contributed by atoms with Crippen LogP contribution in [-0.4, -0.2) is 54.1 Å². The summed E-state index contributed by atoms with van der Waals surface area (Å²) < 4.78 is 34.1. The molecule has 2 unspecified atom stereocenters. The number of methoxy groups -OCH3 is 1. The summed E-state index contributed by atoms with van der Waals surface area (Å²) >= 11 is 0. The zero-order chi connectivity index (χ0) is 27.4. The van der Waals surface area contributed by atoms with Crippen LogP contribution in [0.1, 0.15) is 65.9 Å². The lowest BCUT2D eigenvalue weighted by molar-refractivity contribution is 0.0456. The van der Waals surface area contributed by atoms with Crippen LogP contribution in [0.2, 0.25) is 0 Å². The van der Waals surface area contributed by atoms with Gasteiger partial charge in [-0.25, -0.2) is 8.78 Å². The molecule has 1 fully saturated rings. The van der Waals surface area contributed by atoms with Crippen molar-refractivity contribution in [1.82, 2.24) is 20.1 Å². The fourth-order valence-corrected chi connectivity index (χ4v) is 5.49. The molecule has 38 heavy (non-hydrogen) atoms. The minimum atomic E-state index is -0.795. The van der Waals surface area contributed by atoms with Crippen molar-refractivity contribution in [1.29, 1.82) is 0 Å². The van der Waals surface area contributed by atoms with Gasteiger partial charge in [0.05, 0.1) is 7.11 Å². The van der Waals surface area contributed by atoms with Crippen LogP contribution in [0.5, 0.6) is 5.75 Å². The molecule has 0 saturated heterocycles. The van der Waals surface area contributed by atoms with Crippen molar-refractivity contribution in [2.75, 3.05) is 26.7 Å². The van der Waals surface area contributed by atoms with Crippen molar-refractivity contribution < 1.29 is 23.1 Å². The number of carbonyl (C=O) groups excluding carboxylic acids is 2. The monoisotopic (exact) mass is 530 g/mol. The summed E-state index contributed by atoms with van der Waals surface area (Å²) in [6.07, 6.45) is 5.50. The molecule has 206 valence electrons. The first-order valence-corrected chi connectivity index (χ1v) is 13.3. The van der Waals surface area contributed by atoms with Gasteiger partial charge in [0.15, 0.2) is 11.4 Å². The smallest absolute Gasteiger partial charge is 0.274 e. The highest BCUT2D eigenvalue weighted by atomic mass is 19.1. The number of carbonyl (C=O) groups is 2. The zero-order valence-corrected chi connectivity index (χ0v) is 22.2. The fourth-order valence-electron chi connectivity index (χ4n) is 5.49. The summed E-state index contributed by atoms with van der Waals surface area (Å²) in [5.74, 6) is -1.83. The molecule has 2 atom stereocenters. The van der Waals surface area contributed by atoms with Crippen LogP contribution < -0.4 is 20.8 Å². The lowest BCUT2D eigenvalue weighted by Gasteiger charge is -2.43. The number of hydrogen-bond acceptors (Lipinski definition) is 5. The molecular formula is C28H36F2N4O4. The molecule has 0 spiro atoms. The highest BCUT2D eigenvalue weighted by molar-refractivity contribution is 5.99. The van der Waals surface area contributed by atoms with E-state index in [0.29, 0.717) is 24.9 Å². The van der Waals surface area contributed by atoms with Gasteiger partial charge in [0.1, 0.15) is 17.2 Å². The van der Waals surface area contributed by atoms with E-state index in [-0.39, 0.29) is 41.1 Å². The lowest BCUT2D eigenvalue weighted by Crippen LogP contribution is -2.53. The molecule has 1 aromatic heterocycles. The van der Waals surface area contributed by atoms with Gasteiger partial charge >= 0.3 is 0 Å². The Kier molecular flexibility index (Phi) is 8.81. The van der Waals surface area contributed by atoms with Gasteiger partial charge in [-0.05, 0) is 43.8 Å². The largest absolute Gasteiger partial charge is 0.491 e. The maximum Gasteiger partial charge on any atom is 0.274 e. The Morgan fingerprint density at radius 2 is 1.92 bits per heavy atom. The molecule has 0 radical (unpaired) electrons. The summed E-state index contributed by atoms with van der Waals surface area (Å²) in [6.45, 7) is 6.73. The van der Waals surface area contributed by atoms with Crippen LogP contribution in [0.15, 0.2) is 29.2 Å². The second-order valence-corrected chi connectivity index (χ2v) is 10.5. The first-order chi connectivity index (χ1) is 18.2. The molecule has 2 heterocycles. The van der Waals surface area contributed by atoms with E-state index in [1.165, 1.54) is 19.4 Å². The molecule has 4 rings (SSSR count). The second kappa shape index (κ2) is 12.1. The van der Waals surface area contributed by atoms with Gasteiger partial charge in [0, 0.05) is 43.5 Å². The second-order valence-electron chi connectivity index (χ2n) is 10.5. The molecule has 1 aliphatic heterocycles. The van der Waals surface area contributed by atoms with Gasteiger partial charge in [-0.3, -0.25) is 14.4 Å². The van der Waals surface area contributed by atoms with E-state index in [9.17, 15) is 23.2 Å².